The van der Waals surface area contributed by atoms with Gasteiger partial charge >= 0.3 is 0 Å². The van der Waals surface area contributed by atoms with E-state index >= 15 is 0 Å². The van der Waals surface area contributed by atoms with Crippen LogP contribution in [0.2, 0.25) is 0 Å². The van der Waals surface area contributed by atoms with Crippen molar-refractivity contribution < 1.29 is 4.42 Å². The van der Waals surface area contributed by atoms with E-state index in [4.69, 9.17) is 4.42 Å². The summed E-state index contributed by atoms with van der Waals surface area (Å²) in [4.78, 5) is 18.8. The van der Waals surface area contributed by atoms with Gasteiger partial charge in [0.25, 0.3) is 5.56 Å². The van der Waals surface area contributed by atoms with E-state index in [1.807, 2.05) is 13.8 Å². The van der Waals surface area contributed by atoms with Gasteiger partial charge in [0.2, 0.25) is 11.8 Å². The van der Waals surface area contributed by atoms with Crippen molar-refractivity contribution in [2.75, 3.05) is 0 Å². The monoisotopic (exact) mass is 294 g/mol. The summed E-state index contributed by atoms with van der Waals surface area (Å²) in [6.07, 6.45) is 2.47. The molecule has 1 atom stereocenters. The maximum atomic E-state index is 11.6. The van der Waals surface area contributed by atoms with Crippen molar-refractivity contribution in [3.8, 4) is 0 Å². The zero-order valence-corrected chi connectivity index (χ0v) is 12.7. The molecule has 0 radical (unpaired) electrons. The number of rotatable bonds is 6. The maximum absolute atomic E-state index is 11.6. The summed E-state index contributed by atoms with van der Waals surface area (Å²) in [6, 6.07) is 1.54. The Bertz CT molecular complexity index is 623. The Balaban J connectivity index is 2.14. The summed E-state index contributed by atoms with van der Waals surface area (Å²) < 4.78 is 5.51. The molecule has 0 aliphatic rings. The van der Waals surface area contributed by atoms with Crippen molar-refractivity contribution in [1.82, 2.24) is 20.2 Å². The van der Waals surface area contributed by atoms with Crippen LogP contribution in [0.1, 0.15) is 49.9 Å². The third-order valence-corrected chi connectivity index (χ3v) is 3.67. The summed E-state index contributed by atoms with van der Waals surface area (Å²) >= 11 is 1.41. The lowest BCUT2D eigenvalue weighted by Crippen LogP contribution is -2.10. The van der Waals surface area contributed by atoms with Crippen LogP contribution in [0.4, 0.5) is 0 Å². The predicted molar refractivity (Wildman–Crippen MR) is 76.8 cm³/mol. The largest absolute Gasteiger partial charge is 0.424 e. The average Bonchev–Trinajstić information content (AvgIpc) is 2.87. The highest BCUT2D eigenvalue weighted by atomic mass is 32.2. The predicted octanol–water partition coefficient (Wildman–Crippen LogP) is 2.52. The summed E-state index contributed by atoms with van der Waals surface area (Å²) in [5.41, 5.74) is 0.684. The number of aromatic amines is 1. The van der Waals surface area contributed by atoms with Gasteiger partial charge in [-0.15, -0.1) is 10.2 Å². The second-order valence-electron chi connectivity index (χ2n) is 4.44. The molecular formula is C13H18N4O2S. The van der Waals surface area contributed by atoms with E-state index in [9.17, 15) is 4.79 Å². The number of aryl methyl sites for hydroxylation is 2. The van der Waals surface area contributed by atoms with Crippen LogP contribution in [0.3, 0.4) is 0 Å². The maximum Gasteiger partial charge on any atom is 0.251 e. The molecule has 2 aromatic rings. The number of nitrogens with one attached hydrogen (secondary N) is 1. The first-order valence-electron chi connectivity index (χ1n) is 6.71. The van der Waals surface area contributed by atoms with Crippen molar-refractivity contribution in [2.24, 2.45) is 0 Å². The third-order valence-electron chi connectivity index (χ3n) is 2.70. The minimum Gasteiger partial charge on any atom is -0.424 e. The third kappa shape index (κ3) is 3.69. The summed E-state index contributed by atoms with van der Waals surface area (Å²) in [6.45, 7) is 5.97. The lowest BCUT2D eigenvalue weighted by Gasteiger charge is -2.06. The van der Waals surface area contributed by atoms with Crippen LogP contribution in [0, 0.1) is 0 Å². The van der Waals surface area contributed by atoms with Crippen LogP contribution in [-0.2, 0) is 12.8 Å². The Morgan fingerprint density at radius 1 is 1.40 bits per heavy atom. The number of thioether (sulfide) groups is 1. The van der Waals surface area contributed by atoms with Crippen LogP contribution in [0.25, 0.3) is 0 Å². The highest BCUT2D eigenvalue weighted by molar-refractivity contribution is 7.99. The number of aromatic nitrogens is 4. The normalized spacial score (nSPS) is 12.6. The smallest absolute Gasteiger partial charge is 0.251 e. The van der Waals surface area contributed by atoms with Gasteiger partial charge in [0.05, 0.1) is 5.25 Å². The molecule has 1 N–H and O–H groups in total. The van der Waals surface area contributed by atoms with Crippen molar-refractivity contribution in [2.45, 2.75) is 50.4 Å². The highest BCUT2D eigenvalue weighted by Gasteiger charge is 2.16. The van der Waals surface area contributed by atoms with Crippen LogP contribution in [0.5, 0.6) is 0 Å². The first-order valence-corrected chi connectivity index (χ1v) is 7.59. The quantitative estimate of drug-likeness (QED) is 0.651. The van der Waals surface area contributed by atoms with Gasteiger partial charge in [0.1, 0.15) is 0 Å². The number of hydrogen-bond donors (Lipinski definition) is 1. The molecule has 0 aliphatic heterocycles. The molecule has 2 aromatic heterocycles. The van der Waals surface area contributed by atoms with Crippen molar-refractivity contribution in [1.29, 1.82) is 0 Å². The van der Waals surface area contributed by atoms with Gasteiger partial charge in [-0.25, -0.2) is 4.98 Å². The number of hydrogen-bond acceptors (Lipinski definition) is 6. The number of H-pyrrole nitrogens is 1. The molecule has 0 amide bonds. The van der Waals surface area contributed by atoms with Gasteiger partial charge in [-0.05, 0) is 13.3 Å². The zero-order chi connectivity index (χ0) is 14.5. The number of nitrogens with zero attached hydrogens (tertiary/aromatic N) is 3. The topological polar surface area (TPSA) is 84.7 Å². The SMILES string of the molecule is CCCc1cc(=O)[nH]c(SC(C)c2nnc(CC)o2)n1. The van der Waals surface area contributed by atoms with Crippen LogP contribution < -0.4 is 5.56 Å². The van der Waals surface area contributed by atoms with Crippen LogP contribution in [-0.4, -0.2) is 20.2 Å². The Hall–Kier alpha value is -1.63. The van der Waals surface area contributed by atoms with E-state index in [1.165, 1.54) is 11.8 Å². The standard InChI is InChI=1S/C13H18N4O2S/c1-4-6-9-7-10(18)15-13(14-9)20-8(3)12-17-16-11(5-2)19-12/h7-8H,4-6H2,1-3H3,(H,14,15,18). The fraction of sp³-hybridized carbons (Fsp3) is 0.538. The Labute approximate surface area is 121 Å². The fourth-order valence-corrected chi connectivity index (χ4v) is 2.58. The highest BCUT2D eigenvalue weighted by Crippen LogP contribution is 2.31. The Morgan fingerprint density at radius 3 is 2.85 bits per heavy atom. The molecule has 0 spiro atoms. The van der Waals surface area contributed by atoms with Crippen molar-refractivity contribution in [3.05, 3.63) is 33.9 Å². The first-order chi connectivity index (χ1) is 9.62. The Morgan fingerprint density at radius 2 is 2.20 bits per heavy atom. The molecule has 1 unspecified atom stereocenters. The molecule has 20 heavy (non-hydrogen) atoms. The Kier molecular flexibility index (Phi) is 4.94. The molecule has 0 aliphatic carbocycles. The van der Waals surface area contributed by atoms with Crippen molar-refractivity contribution >= 4 is 11.8 Å². The lowest BCUT2D eigenvalue weighted by atomic mass is 10.2. The van der Waals surface area contributed by atoms with Gasteiger partial charge in [-0.1, -0.05) is 32.0 Å². The molecule has 0 aromatic carbocycles. The molecule has 2 heterocycles. The van der Waals surface area contributed by atoms with E-state index in [0.29, 0.717) is 23.4 Å². The summed E-state index contributed by atoms with van der Waals surface area (Å²) in [5.74, 6) is 1.17. The lowest BCUT2D eigenvalue weighted by molar-refractivity contribution is 0.456. The van der Waals surface area contributed by atoms with E-state index in [-0.39, 0.29) is 10.8 Å². The molecular weight excluding hydrogens is 276 g/mol. The van der Waals surface area contributed by atoms with Gasteiger partial charge in [0, 0.05) is 18.2 Å². The molecule has 108 valence electrons. The van der Waals surface area contributed by atoms with E-state index in [1.54, 1.807) is 6.07 Å². The molecule has 6 nitrogen and oxygen atoms in total. The second kappa shape index (κ2) is 6.69. The fourth-order valence-electron chi connectivity index (χ4n) is 1.72. The molecule has 0 fully saturated rings. The van der Waals surface area contributed by atoms with Gasteiger partial charge < -0.3 is 9.40 Å². The van der Waals surface area contributed by atoms with Gasteiger partial charge in [0.15, 0.2) is 5.16 Å². The average molecular weight is 294 g/mol. The van der Waals surface area contributed by atoms with E-state index in [0.717, 1.165) is 18.5 Å². The molecule has 0 bridgehead atoms. The molecule has 0 saturated carbocycles. The van der Waals surface area contributed by atoms with Crippen LogP contribution in [0.15, 0.2) is 20.4 Å². The van der Waals surface area contributed by atoms with Crippen LogP contribution >= 0.6 is 11.8 Å². The van der Waals surface area contributed by atoms with Gasteiger partial charge in [-0.3, -0.25) is 4.79 Å². The molecule has 0 saturated heterocycles. The minimum absolute atomic E-state index is 0.0529. The zero-order valence-electron chi connectivity index (χ0n) is 11.8. The molecule has 7 heteroatoms. The van der Waals surface area contributed by atoms with Crippen molar-refractivity contribution in [3.63, 3.8) is 0 Å². The van der Waals surface area contributed by atoms with E-state index < -0.39 is 0 Å². The second-order valence-corrected chi connectivity index (χ2v) is 5.77. The van der Waals surface area contributed by atoms with E-state index in [2.05, 4.69) is 27.1 Å². The summed E-state index contributed by atoms with van der Waals surface area (Å²) in [5, 5.41) is 8.48. The molecule has 2 rings (SSSR count). The minimum atomic E-state index is -0.127. The summed E-state index contributed by atoms with van der Waals surface area (Å²) in [7, 11) is 0. The first kappa shape index (κ1) is 14.8. The van der Waals surface area contributed by atoms with Gasteiger partial charge in [-0.2, -0.15) is 0 Å².